The predicted molar refractivity (Wildman–Crippen MR) is 70.2 cm³/mol. The van der Waals surface area contributed by atoms with Gasteiger partial charge in [-0.2, -0.15) is 0 Å². The molecule has 5 nitrogen and oxygen atoms in total. The van der Waals surface area contributed by atoms with E-state index in [1.54, 1.807) is 6.92 Å². The largest absolute Gasteiger partial charge is 0.364 e. The van der Waals surface area contributed by atoms with Crippen LogP contribution in [0.5, 0.6) is 0 Å². The van der Waals surface area contributed by atoms with Crippen molar-refractivity contribution in [3.63, 3.8) is 0 Å². The lowest BCUT2D eigenvalue weighted by atomic mass is 10.1. The number of hydrogen-bond acceptors (Lipinski definition) is 3. The molecule has 0 spiro atoms. The third-order valence-electron chi connectivity index (χ3n) is 3.03. The first-order valence-corrected chi connectivity index (χ1v) is 7.40. The van der Waals surface area contributed by atoms with Crippen molar-refractivity contribution in [1.29, 1.82) is 0 Å². The van der Waals surface area contributed by atoms with Crippen LogP contribution in [-0.2, 0) is 10.8 Å². The first-order valence-electron chi connectivity index (χ1n) is 5.91. The Morgan fingerprint density at radius 2 is 2.11 bits per heavy atom. The molecule has 6 heteroatoms. The second-order valence-electron chi connectivity index (χ2n) is 4.49. The maximum absolute atomic E-state index is 11.9. The van der Waals surface area contributed by atoms with Crippen LogP contribution < -0.4 is 10.7 Å². The number of aryl methyl sites for hydroxylation is 1. The number of carbonyl (C=O) groups is 1. The van der Waals surface area contributed by atoms with Crippen molar-refractivity contribution in [3.8, 4) is 0 Å². The van der Waals surface area contributed by atoms with Crippen molar-refractivity contribution >= 4 is 16.7 Å². The summed E-state index contributed by atoms with van der Waals surface area (Å²) in [6, 6.07) is 1.43. The molecule has 18 heavy (non-hydrogen) atoms. The van der Waals surface area contributed by atoms with E-state index in [1.165, 1.54) is 12.3 Å². The summed E-state index contributed by atoms with van der Waals surface area (Å²) in [5.41, 5.74) is 0.583. The second kappa shape index (κ2) is 5.48. The third-order valence-corrected chi connectivity index (χ3v) is 4.41. The van der Waals surface area contributed by atoms with E-state index in [0.717, 1.165) is 5.69 Å². The number of aromatic amines is 1. The van der Waals surface area contributed by atoms with Crippen LogP contribution in [-0.4, -0.2) is 32.6 Å². The molecule has 0 aromatic carbocycles. The number of hydrogen-bond donors (Lipinski definition) is 2. The van der Waals surface area contributed by atoms with Crippen LogP contribution >= 0.6 is 0 Å². The fourth-order valence-electron chi connectivity index (χ4n) is 1.95. The van der Waals surface area contributed by atoms with Crippen LogP contribution in [0, 0.1) is 6.92 Å². The molecule has 0 radical (unpaired) electrons. The topological polar surface area (TPSA) is 79.0 Å². The Kier molecular flexibility index (Phi) is 3.96. The molecular formula is C12H16N2O3S. The van der Waals surface area contributed by atoms with Crippen LogP contribution in [0.3, 0.4) is 0 Å². The van der Waals surface area contributed by atoms with Gasteiger partial charge in [-0.15, -0.1) is 0 Å². The van der Waals surface area contributed by atoms with Crippen LogP contribution in [0.2, 0.25) is 0 Å². The Morgan fingerprint density at radius 3 is 2.72 bits per heavy atom. The van der Waals surface area contributed by atoms with E-state index < -0.39 is 10.8 Å². The SMILES string of the molecule is Cc1cc(=O)c(C(=O)NC2CCS(=O)CC2)c[nH]1. The van der Waals surface area contributed by atoms with Gasteiger partial charge in [-0.05, 0) is 19.8 Å². The lowest BCUT2D eigenvalue weighted by Crippen LogP contribution is -2.41. The molecule has 0 aliphatic carbocycles. The van der Waals surface area contributed by atoms with E-state index in [1.807, 2.05) is 0 Å². The molecule has 1 aromatic heterocycles. The quantitative estimate of drug-likeness (QED) is 0.811. The van der Waals surface area contributed by atoms with E-state index in [9.17, 15) is 13.8 Å². The molecule has 1 aliphatic rings. The summed E-state index contributed by atoms with van der Waals surface area (Å²) in [5.74, 6) is 0.888. The average Bonchev–Trinajstić information content (AvgIpc) is 2.32. The number of carbonyl (C=O) groups excluding carboxylic acids is 1. The molecule has 1 aromatic rings. The number of rotatable bonds is 2. The molecule has 2 heterocycles. The number of aromatic nitrogens is 1. The van der Waals surface area contributed by atoms with Crippen molar-refractivity contribution in [2.24, 2.45) is 0 Å². The zero-order valence-electron chi connectivity index (χ0n) is 10.2. The summed E-state index contributed by atoms with van der Waals surface area (Å²) >= 11 is 0. The van der Waals surface area contributed by atoms with Crippen LogP contribution in [0.1, 0.15) is 28.9 Å². The van der Waals surface area contributed by atoms with Crippen molar-refractivity contribution in [2.75, 3.05) is 11.5 Å². The van der Waals surface area contributed by atoms with Gasteiger partial charge in [0, 0.05) is 46.3 Å². The van der Waals surface area contributed by atoms with Crippen molar-refractivity contribution in [3.05, 3.63) is 33.7 Å². The first-order chi connectivity index (χ1) is 8.56. The third kappa shape index (κ3) is 3.07. The van der Waals surface area contributed by atoms with Gasteiger partial charge in [-0.25, -0.2) is 0 Å². The van der Waals surface area contributed by atoms with E-state index in [4.69, 9.17) is 0 Å². The predicted octanol–water partition coefficient (Wildman–Crippen LogP) is 0.324. The molecule has 98 valence electrons. The van der Waals surface area contributed by atoms with Crippen molar-refractivity contribution in [2.45, 2.75) is 25.8 Å². The molecule has 2 rings (SSSR count). The highest BCUT2D eigenvalue weighted by atomic mass is 32.2. The maximum Gasteiger partial charge on any atom is 0.256 e. The van der Waals surface area contributed by atoms with Gasteiger partial charge in [-0.1, -0.05) is 0 Å². The highest BCUT2D eigenvalue weighted by Crippen LogP contribution is 2.09. The van der Waals surface area contributed by atoms with Gasteiger partial charge in [-0.3, -0.25) is 13.8 Å². The second-order valence-corrected chi connectivity index (χ2v) is 6.19. The van der Waals surface area contributed by atoms with Crippen LogP contribution in [0.25, 0.3) is 0 Å². The van der Waals surface area contributed by atoms with Gasteiger partial charge < -0.3 is 10.3 Å². The highest BCUT2D eigenvalue weighted by molar-refractivity contribution is 7.85. The van der Waals surface area contributed by atoms with E-state index in [2.05, 4.69) is 10.3 Å². The molecule has 0 atom stereocenters. The molecule has 1 aliphatic heterocycles. The smallest absolute Gasteiger partial charge is 0.256 e. The fourth-order valence-corrected chi connectivity index (χ4v) is 3.25. The Morgan fingerprint density at radius 1 is 1.44 bits per heavy atom. The normalized spacial score (nSPS) is 23.6. The molecule has 0 saturated carbocycles. The Labute approximate surface area is 107 Å². The van der Waals surface area contributed by atoms with Gasteiger partial charge in [0.25, 0.3) is 5.91 Å². The van der Waals surface area contributed by atoms with Crippen LogP contribution in [0.4, 0.5) is 0 Å². The highest BCUT2D eigenvalue weighted by Gasteiger charge is 2.21. The zero-order valence-corrected chi connectivity index (χ0v) is 11.0. The van der Waals surface area contributed by atoms with Gasteiger partial charge in [0.15, 0.2) is 5.43 Å². The minimum absolute atomic E-state index is 0.0240. The van der Waals surface area contributed by atoms with Crippen molar-refractivity contribution < 1.29 is 9.00 Å². The molecule has 1 saturated heterocycles. The van der Waals surface area contributed by atoms with Gasteiger partial charge in [0.1, 0.15) is 5.56 Å². The summed E-state index contributed by atoms with van der Waals surface area (Å²) in [6.45, 7) is 1.76. The number of pyridine rings is 1. The minimum atomic E-state index is -0.747. The molecule has 2 N–H and O–H groups in total. The molecule has 0 bridgehead atoms. The standard InChI is InChI=1S/C12H16N2O3S/c1-8-6-11(15)10(7-13-8)12(16)14-9-2-4-18(17)5-3-9/h6-7,9H,2-5H2,1H3,(H,13,15)(H,14,16). The van der Waals surface area contributed by atoms with Gasteiger partial charge in [0.2, 0.25) is 0 Å². The van der Waals surface area contributed by atoms with E-state index in [-0.39, 0.29) is 22.9 Å². The molecule has 1 fully saturated rings. The fraction of sp³-hybridized carbons (Fsp3) is 0.500. The maximum atomic E-state index is 11.9. The zero-order chi connectivity index (χ0) is 13.1. The van der Waals surface area contributed by atoms with Crippen LogP contribution in [0.15, 0.2) is 17.1 Å². The van der Waals surface area contributed by atoms with Gasteiger partial charge >= 0.3 is 0 Å². The molecule has 1 amide bonds. The lowest BCUT2D eigenvalue weighted by Gasteiger charge is -2.22. The van der Waals surface area contributed by atoms with Crippen molar-refractivity contribution in [1.82, 2.24) is 10.3 Å². The Bertz CT molecular complexity index is 528. The van der Waals surface area contributed by atoms with E-state index >= 15 is 0 Å². The summed E-state index contributed by atoms with van der Waals surface area (Å²) in [4.78, 5) is 26.4. The monoisotopic (exact) mass is 268 g/mol. The summed E-state index contributed by atoms with van der Waals surface area (Å²) < 4.78 is 11.2. The first kappa shape index (κ1) is 13.0. The summed E-state index contributed by atoms with van der Waals surface area (Å²) in [6.07, 6.45) is 2.86. The van der Waals surface area contributed by atoms with E-state index in [0.29, 0.717) is 24.3 Å². The lowest BCUT2D eigenvalue weighted by molar-refractivity contribution is 0.0933. The number of amides is 1. The number of H-pyrrole nitrogens is 1. The Balaban J connectivity index is 2.03. The Hall–Kier alpha value is -1.43. The number of nitrogens with one attached hydrogen (secondary N) is 2. The summed E-state index contributed by atoms with van der Waals surface area (Å²) in [5, 5.41) is 2.82. The minimum Gasteiger partial charge on any atom is -0.364 e. The molecule has 0 unspecified atom stereocenters. The molecular weight excluding hydrogens is 252 g/mol. The summed E-state index contributed by atoms with van der Waals surface area (Å²) in [7, 11) is -0.747. The average molecular weight is 268 g/mol. The van der Waals surface area contributed by atoms with Gasteiger partial charge in [0.05, 0.1) is 0 Å².